The first-order valence-corrected chi connectivity index (χ1v) is 8.97. The molecule has 1 aromatic rings. The fourth-order valence-corrected chi connectivity index (χ4v) is 1.61. The van der Waals surface area contributed by atoms with Crippen LogP contribution in [0.15, 0.2) is 29.2 Å². The van der Waals surface area contributed by atoms with Crippen molar-refractivity contribution < 1.29 is 0 Å². The second-order valence-electron chi connectivity index (χ2n) is 4.31. The average molecular weight is 350 g/mol. The summed E-state index contributed by atoms with van der Waals surface area (Å²) in [4.78, 5) is 0.979. The fraction of sp³-hybridized carbons (Fsp3) is 0.600. The Morgan fingerprint density at radius 2 is 1.24 bits per heavy atom. The lowest BCUT2D eigenvalue weighted by atomic mass is 10.2. The highest BCUT2D eigenvalue weighted by Gasteiger charge is 1.85. The Morgan fingerprint density at radius 3 is 1.62 bits per heavy atom. The lowest BCUT2D eigenvalue weighted by Crippen LogP contribution is -1.97. The van der Waals surface area contributed by atoms with Gasteiger partial charge in [-0.3, -0.25) is 0 Å². The second kappa shape index (κ2) is 20.1. The summed E-state index contributed by atoms with van der Waals surface area (Å²) >= 11 is 12.0. The standard InChI is InChI=1S/C7H9NS.C6H15NS.C2H7NS/c8-5-6-1-3-7(9)4-2-6;7-5-3-1-2-4-6-8;3-1-2-4/h1-4,9H,5,8H2;8H,1-7H2;4H,1-3H2. The van der Waals surface area contributed by atoms with Crippen molar-refractivity contribution in [3.8, 4) is 0 Å². The molecule has 0 atom stereocenters. The Hall–Kier alpha value is 0.150. The highest BCUT2D eigenvalue weighted by atomic mass is 32.1. The molecule has 0 saturated heterocycles. The molecule has 0 aliphatic rings. The Morgan fingerprint density at radius 1 is 0.714 bits per heavy atom. The number of unbranched alkanes of at least 4 members (excludes halogenated alkanes) is 3. The summed E-state index contributed by atoms with van der Waals surface area (Å²) in [5.74, 6) is 1.81. The zero-order chi connectivity index (χ0) is 16.3. The van der Waals surface area contributed by atoms with E-state index in [0.717, 1.165) is 28.5 Å². The van der Waals surface area contributed by atoms with Crippen molar-refractivity contribution >= 4 is 37.9 Å². The van der Waals surface area contributed by atoms with Crippen LogP contribution in [0.2, 0.25) is 0 Å². The van der Waals surface area contributed by atoms with Gasteiger partial charge in [0.05, 0.1) is 0 Å². The van der Waals surface area contributed by atoms with Crippen LogP contribution in [0.3, 0.4) is 0 Å². The number of hydrogen-bond donors (Lipinski definition) is 6. The van der Waals surface area contributed by atoms with E-state index in [0.29, 0.717) is 13.1 Å². The van der Waals surface area contributed by atoms with Crippen molar-refractivity contribution in [3.05, 3.63) is 29.8 Å². The van der Waals surface area contributed by atoms with Gasteiger partial charge in [-0.05, 0) is 42.8 Å². The minimum Gasteiger partial charge on any atom is -0.330 e. The van der Waals surface area contributed by atoms with Gasteiger partial charge >= 0.3 is 0 Å². The molecule has 21 heavy (non-hydrogen) atoms. The third-order valence-electron chi connectivity index (χ3n) is 2.41. The molecule has 6 heteroatoms. The molecule has 0 radical (unpaired) electrons. The van der Waals surface area contributed by atoms with Crippen LogP contribution < -0.4 is 17.2 Å². The maximum Gasteiger partial charge on any atom is 0.0178 e. The molecule has 0 saturated carbocycles. The van der Waals surface area contributed by atoms with Crippen LogP contribution in [0.25, 0.3) is 0 Å². The van der Waals surface area contributed by atoms with Gasteiger partial charge in [-0.2, -0.15) is 25.3 Å². The van der Waals surface area contributed by atoms with Crippen LogP contribution >= 0.6 is 37.9 Å². The molecule has 124 valence electrons. The van der Waals surface area contributed by atoms with E-state index in [1.807, 2.05) is 24.3 Å². The summed E-state index contributed by atoms with van der Waals surface area (Å²) in [7, 11) is 0. The van der Waals surface area contributed by atoms with E-state index in [4.69, 9.17) is 17.2 Å². The molecule has 1 aromatic carbocycles. The Labute approximate surface area is 146 Å². The molecule has 0 heterocycles. The zero-order valence-electron chi connectivity index (χ0n) is 12.7. The molecular weight excluding hydrogens is 318 g/mol. The van der Waals surface area contributed by atoms with Crippen molar-refractivity contribution in [1.29, 1.82) is 0 Å². The van der Waals surface area contributed by atoms with Crippen molar-refractivity contribution in [2.75, 3.05) is 24.6 Å². The molecule has 0 unspecified atom stereocenters. The van der Waals surface area contributed by atoms with Crippen molar-refractivity contribution in [2.24, 2.45) is 17.2 Å². The van der Waals surface area contributed by atoms with Crippen LogP contribution in [0.1, 0.15) is 31.2 Å². The number of thiol groups is 3. The molecular formula is C15H31N3S3. The molecule has 0 fully saturated rings. The Balaban J connectivity index is 0. The van der Waals surface area contributed by atoms with Crippen molar-refractivity contribution in [3.63, 3.8) is 0 Å². The van der Waals surface area contributed by atoms with Crippen LogP contribution in [-0.4, -0.2) is 24.6 Å². The third kappa shape index (κ3) is 20.1. The molecule has 0 aliphatic carbocycles. The lowest BCUT2D eigenvalue weighted by molar-refractivity contribution is 0.678. The largest absolute Gasteiger partial charge is 0.330 e. The Kier molecular flexibility index (Phi) is 22.5. The number of hydrogen-bond acceptors (Lipinski definition) is 6. The van der Waals surface area contributed by atoms with Gasteiger partial charge in [0.1, 0.15) is 0 Å². The monoisotopic (exact) mass is 349 g/mol. The molecule has 3 nitrogen and oxygen atoms in total. The minimum atomic E-state index is 0.605. The van der Waals surface area contributed by atoms with E-state index < -0.39 is 0 Å². The van der Waals surface area contributed by atoms with Gasteiger partial charge in [0.25, 0.3) is 0 Å². The highest BCUT2D eigenvalue weighted by Crippen LogP contribution is 2.06. The quantitative estimate of drug-likeness (QED) is 0.338. The minimum absolute atomic E-state index is 0.605. The molecule has 6 N–H and O–H groups in total. The summed E-state index contributed by atoms with van der Waals surface area (Å²) in [5.41, 5.74) is 16.8. The molecule has 1 rings (SSSR count). The van der Waals surface area contributed by atoms with Gasteiger partial charge in [-0.1, -0.05) is 25.0 Å². The maximum atomic E-state index is 5.37. The van der Waals surface area contributed by atoms with E-state index >= 15 is 0 Å². The molecule has 0 amide bonds. The number of benzene rings is 1. The van der Waals surface area contributed by atoms with Gasteiger partial charge in [-0.25, -0.2) is 0 Å². The summed E-state index contributed by atoms with van der Waals surface area (Å²) in [6.45, 7) is 2.13. The average Bonchev–Trinajstić information content (AvgIpc) is 2.53. The van der Waals surface area contributed by atoms with E-state index in [9.17, 15) is 0 Å². The summed E-state index contributed by atoms with van der Waals surface area (Å²) in [5, 5.41) is 0. The Bertz CT molecular complexity index is 287. The van der Waals surface area contributed by atoms with E-state index in [1.165, 1.54) is 25.7 Å². The fourth-order valence-electron chi connectivity index (χ4n) is 1.24. The van der Waals surface area contributed by atoms with Gasteiger partial charge in [0.15, 0.2) is 0 Å². The molecule has 0 aliphatic heterocycles. The van der Waals surface area contributed by atoms with E-state index in [2.05, 4.69) is 37.9 Å². The smallest absolute Gasteiger partial charge is 0.0178 e. The second-order valence-corrected chi connectivity index (χ2v) is 5.72. The maximum absolute atomic E-state index is 5.37. The lowest BCUT2D eigenvalue weighted by Gasteiger charge is -1.94. The van der Waals surface area contributed by atoms with Crippen LogP contribution in [-0.2, 0) is 6.54 Å². The summed E-state index contributed by atoms with van der Waals surface area (Å²) in [6, 6.07) is 7.82. The van der Waals surface area contributed by atoms with Gasteiger partial charge < -0.3 is 17.2 Å². The summed E-state index contributed by atoms with van der Waals surface area (Å²) < 4.78 is 0. The molecule has 0 aromatic heterocycles. The van der Waals surface area contributed by atoms with Crippen molar-refractivity contribution in [1.82, 2.24) is 0 Å². The third-order valence-corrected chi connectivity index (χ3v) is 3.29. The molecule has 0 spiro atoms. The first-order valence-electron chi connectivity index (χ1n) is 7.26. The van der Waals surface area contributed by atoms with E-state index in [1.54, 1.807) is 0 Å². The summed E-state index contributed by atoms with van der Waals surface area (Å²) in [6.07, 6.45) is 4.98. The van der Waals surface area contributed by atoms with Crippen LogP contribution in [0.4, 0.5) is 0 Å². The van der Waals surface area contributed by atoms with Gasteiger partial charge in [0, 0.05) is 23.7 Å². The zero-order valence-corrected chi connectivity index (χ0v) is 15.4. The number of nitrogens with two attached hydrogens (primary N) is 3. The molecule has 0 bridgehead atoms. The van der Waals surface area contributed by atoms with Crippen LogP contribution in [0, 0.1) is 0 Å². The number of rotatable bonds is 7. The van der Waals surface area contributed by atoms with Crippen LogP contribution in [0.5, 0.6) is 0 Å². The first kappa shape index (κ1) is 23.4. The van der Waals surface area contributed by atoms with Crippen molar-refractivity contribution in [2.45, 2.75) is 37.1 Å². The SMILES string of the molecule is NCCCCCCS.NCCS.NCc1ccc(S)cc1. The van der Waals surface area contributed by atoms with Gasteiger partial charge in [0.2, 0.25) is 0 Å². The van der Waals surface area contributed by atoms with E-state index in [-0.39, 0.29) is 0 Å². The topological polar surface area (TPSA) is 78.1 Å². The van der Waals surface area contributed by atoms with Gasteiger partial charge in [-0.15, -0.1) is 12.6 Å². The normalized spacial score (nSPS) is 9.24. The predicted octanol–water partition coefficient (Wildman–Crippen LogP) is 2.74. The predicted molar refractivity (Wildman–Crippen MR) is 106 cm³/mol. The highest BCUT2D eigenvalue weighted by molar-refractivity contribution is 7.80. The first-order chi connectivity index (χ1) is 10.2.